The fourth-order valence-corrected chi connectivity index (χ4v) is 19.3. The molecule has 124 heavy (non-hydrogen) atoms. The lowest BCUT2D eigenvalue weighted by atomic mass is 9.76. The predicted molar refractivity (Wildman–Crippen MR) is 464 cm³/mol. The first-order valence-electron chi connectivity index (χ1n) is 42.4. The van der Waals surface area contributed by atoms with E-state index >= 15 is 0 Å². The summed E-state index contributed by atoms with van der Waals surface area (Å²) < 4.78 is 35.9. The van der Waals surface area contributed by atoms with Crippen LogP contribution in [0.25, 0.3) is 45.6 Å². The molecule has 30 heteroatoms. The number of carbonyl (C=O) groups is 4. The number of ether oxygens (including phenoxy) is 1. The zero-order valence-electron chi connectivity index (χ0n) is 69.5. The number of nitrogens with one attached hydrogen (secondary N) is 3. The van der Waals surface area contributed by atoms with Gasteiger partial charge in [0.1, 0.15) is 40.2 Å². The Labute approximate surface area is 722 Å². The standard InChI is InChI=1S/C24H22ClFN4O2.C24H26N6O.C23H23FN6O.C23H24N6O/c1-14-10-17(25)23(29-12-14)32-20-11-15-6-7-19(20)30(13-15)24(31)16-4-2-5-18(26)21(16)22-27-8-3-9-28-22;1-15-4-6-18(23-25-8-3-9-26-23)19(10-15)24(31)30-14-17-5-7-21(30)20(11-17)29-22-13-27-16(2)12-28-22;1-14-11-28-20(12-27-14)29-18-10-15-6-7-19(18)30(13-15)23(31)21-16(4-2-5-17(21)24)22-25-8-3-9-26-22;1-15-12-27-21(13-26-15)28-19-11-16-7-8-20(19)29(14-16)23(30)18-6-3-2-5-17(18)22-24-9-4-10-25-22/h2-5,8-10,12,15,19-20H,6-7,11,13H2,1H3;3-4,6,8-10,12-13,17,20-21H,5,7,11,14H2,1-2H3,(H,28,29);2-5,8-9,11-12,15,18-19H,6-7,10,13H2,1H3,(H,28,29);2-6,9-10,12-13,16,19-20H,7-8,11,14H2,1H3,(H,27,28). The molecule has 3 N–H and O–H groups in total. The maximum Gasteiger partial charge on any atom is 0.257 e. The van der Waals surface area contributed by atoms with E-state index in [-0.39, 0.29) is 94.5 Å². The molecule has 12 fully saturated rings. The lowest BCUT2D eigenvalue weighted by Gasteiger charge is -2.50. The van der Waals surface area contributed by atoms with Crippen LogP contribution in [0, 0.1) is 69.9 Å². The van der Waals surface area contributed by atoms with Gasteiger partial charge in [-0.05, 0) is 202 Å². The van der Waals surface area contributed by atoms with Crippen molar-refractivity contribution in [1.82, 2.24) is 94.4 Å². The van der Waals surface area contributed by atoms with Crippen molar-refractivity contribution in [2.45, 2.75) is 160 Å². The van der Waals surface area contributed by atoms with E-state index in [0.717, 1.165) is 141 Å². The van der Waals surface area contributed by atoms with Gasteiger partial charge in [0.2, 0.25) is 5.88 Å². The Morgan fingerprint density at radius 3 is 1.24 bits per heavy atom. The molecule has 4 saturated carbocycles. The Kier molecular flexibility index (Phi) is 25.0. The number of halogens is 3. The van der Waals surface area contributed by atoms with Crippen LogP contribution >= 0.6 is 11.6 Å². The molecule has 16 heterocycles. The highest BCUT2D eigenvalue weighted by Crippen LogP contribution is 2.44. The van der Waals surface area contributed by atoms with Crippen molar-refractivity contribution in [3.63, 3.8) is 0 Å². The van der Waals surface area contributed by atoms with Crippen LogP contribution < -0.4 is 20.7 Å². The number of anilines is 3. The Morgan fingerprint density at radius 2 is 0.766 bits per heavy atom. The second-order valence-electron chi connectivity index (χ2n) is 33.4. The number of benzene rings is 4. The van der Waals surface area contributed by atoms with Gasteiger partial charge in [0.25, 0.3) is 23.6 Å². The second-order valence-corrected chi connectivity index (χ2v) is 33.8. The number of fused-ring (bicyclic) bond motifs is 12. The molecule has 12 atom stereocenters. The monoisotopic (exact) mass is 1680 g/mol. The average molecular weight is 1690 g/mol. The van der Waals surface area contributed by atoms with Gasteiger partial charge in [-0.25, -0.2) is 68.6 Å². The molecule has 8 bridgehead atoms. The Balaban J connectivity index is 0.000000117. The van der Waals surface area contributed by atoms with Crippen molar-refractivity contribution < 1.29 is 32.7 Å². The third-order valence-corrected chi connectivity index (χ3v) is 25.2. The van der Waals surface area contributed by atoms with Crippen LogP contribution in [0.2, 0.25) is 5.02 Å². The highest BCUT2D eigenvalue weighted by molar-refractivity contribution is 6.31. The topological polar surface area (TPSA) is 320 Å². The van der Waals surface area contributed by atoms with Crippen molar-refractivity contribution in [3.05, 3.63) is 269 Å². The van der Waals surface area contributed by atoms with Crippen molar-refractivity contribution >= 4 is 52.7 Å². The average Bonchev–Trinajstić information content (AvgIpc) is 0.780. The van der Waals surface area contributed by atoms with Gasteiger partial charge in [0.15, 0.2) is 23.3 Å². The normalized spacial score (nSPS) is 22.4. The summed E-state index contributed by atoms with van der Waals surface area (Å²) in [6.45, 7) is 12.5. The number of nitrogens with zero attached hydrogens (tertiary/aromatic N) is 19. The number of rotatable bonds is 16. The third-order valence-electron chi connectivity index (χ3n) is 24.9. The molecule has 0 radical (unpaired) electrons. The van der Waals surface area contributed by atoms with E-state index < -0.39 is 11.6 Å². The smallest absolute Gasteiger partial charge is 0.257 e. The molecule has 4 aliphatic carbocycles. The minimum atomic E-state index is -0.551. The molecule has 4 amide bonds. The number of hydrogen-bond acceptors (Lipinski definition) is 23. The molecule has 8 saturated heterocycles. The number of aryl methyl sites for hydroxylation is 5. The summed E-state index contributed by atoms with van der Waals surface area (Å²) >= 11 is 6.33. The molecular formula is C94H95ClF2N22O5. The first-order chi connectivity index (χ1) is 60.4. The van der Waals surface area contributed by atoms with Crippen molar-refractivity contribution in [3.8, 4) is 51.4 Å². The first kappa shape index (κ1) is 83.1. The van der Waals surface area contributed by atoms with Crippen LogP contribution in [0.1, 0.15) is 147 Å². The maximum absolute atomic E-state index is 14.9. The summed E-state index contributed by atoms with van der Waals surface area (Å²) in [5.41, 5.74) is 8.36. The first-order valence-corrected chi connectivity index (χ1v) is 42.8. The molecule has 12 unspecified atom stereocenters. The van der Waals surface area contributed by atoms with Crippen LogP contribution in [-0.4, -0.2) is 193 Å². The summed E-state index contributed by atoms with van der Waals surface area (Å²) in [4.78, 5) is 127. The predicted octanol–water partition coefficient (Wildman–Crippen LogP) is 15.2. The molecule has 27 nitrogen and oxygen atoms in total. The lowest BCUT2D eigenvalue weighted by molar-refractivity contribution is -0.0313. The summed E-state index contributed by atoms with van der Waals surface area (Å²) in [6.07, 6.45) is 37.1. The molecule has 8 aliphatic heterocycles. The van der Waals surface area contributed by atoms with Crippen LogP contribution in [0.5, 0.6) is 5.88 Å². The minimum Gasteiger partial charge on any atom is -0.471 e. The SMILES string of the molecule is Cc1ccc(-c2ncccn2)c(C(=O)N2CC3CCC2C(Nc2cnc(C)cn2)C3)c1.Cc1cnc(NC2CC3CCC2N(C(=O)c2c(F)cccc2-c2ncccn2)C3)cn1.Cc1cnc(NC2CC3CCC2N(C(=O)c2ccccc2-c2ncccn2)C3)cn1.Cc1cnc(OC2CC3CCC2N(C(=O)c2cccc(F)c2-c2ncccn2)C3)c(Cl)c1. The Morgan fingerprint density at radius 1 is 0.363 bits per heavy atom. The highest BCUT2D eigenvalue weighted by Gasteiger charge is 2.49. The van der Waals surface area contributed by atoms with Gasteiger partial charge in [-0.3, -0.25) is 34.1 Å². The molecule has 12 aromatic rings. The number of amides is 4. The maximum atomic E-state index is 14.9. The summed E-state index contributed by atoms with van der Waals surface area (Å²) in [7, 11) is 0. The lowest BCUT2D eigenvalue weighted by Crippen LogP contribution is -2.60. The highest BCUT2D eigenvalue weighted by atomic mass is 35.5. The van der Waals surface area contributed by atoms with Gasteiger partial charge in [-0.1, -0.05) is 65.7 Å². The molecule has 632 valence electrons. The zero-order chi connectivity index (χ0) is 85.5. The molecular weight excluding hydrogens is 1590 g/mol. The summed E-state index contributed by atoms with van der Waals surface area (Å²) in [6, 6.07) is 31.9. The quantitative estimate of drug-likeness (QED) is 0.0809. The van der Waals surface area contributed by atoms with Crippen LogP contribution in [0.4, 0.5) is 26.2 Å². The Bertz CT molecular complexity index is 5790. The van der Waals surface area contributed by atoms with Gasteiger partial charge in [0.05, 0.1) is 106 Å². The number of pyridine rings is 1. The molecule has 24 rings (SSSR count). The van der Waals surface area contributed by atoms with Crippen LogP contribution in [-0.2, 0) is 0 Å². The fourth-order valence-electron chi connectivity index (χ4n) is 19.1. The summed E-state index contributed by atoms with van der Waals surface area (Å²) in [5.74, 6) is 4.46. The van der Waals surface area contributed by atoms with E-state index in [1.807, 2.05) is 97.8 Å². The largest absolute Gasteiger partial charge is 0.471 e. The van der Waals surface area contributed by atoms with E-state index in [9.17, 15) is 28.0 Å². The number of piperidine rings is 8. The van der Waals surface area contributed by atoms with Gasteiger partial charge >= 0.3 is 0 Å². The Hall–Kier alpha value is -13.2. The second kappa shape index (κ2) is 37.3. The number of aromatic nitrogens is 15. The van der Waals surface area contributed by atoms with Gasteiger partial charge in [-0.2, -0.15) is 0 Å². The van der Waals surface area contributed by atoms with E-state index in [2.05, 4.69) is 95.6 Å². The summed E-state index contributed by atoms with van der Waals surface area (Å²) in [5, 5.41) is 11.0. The molecule has 0 spiro atoms. The fraction of sp³-hybridized carbons (Fsp3) is 0.351. The van der Waals surface area contributed by atoms with E-state index in [4.69, 9.17) is 16.3 Å². The van der Waals surface area contributed by atoms with E-state index in [0.29, 0.717) is 87.6 Å². The van der Waals surface area contributed by atoms with Gasteiger partial charge < -0.3 is 40.3 Å². The molecule has 12 aliphatic rings. The van der Waals surface area contributed by atoms with Crippen molar-refractivity contribution in [2.75, 3.05) is 42.1 Å². The van der Waals surface area contributed by atoms with E-state index in [1.54, 1.807) is 129 Å². The minimum absolute atomic E-state index is 0.0372. The van der Waals surface area contributed by atoms with Crippen LogP contribution in [0.15, 0.2) is 202 Å². The van der Waals surface area contributed by atoms with Gasteiger partial charge in [0, 0.05) is 117 Å². The zero-order valence-corrected chi connectivity index (χ0v) is 70.2. The van der Waals surface area contributed by atoms with Crippen molar-refractivity contribution in [1.29, 1.82) is 0 Å². The number of carbonyl (C=O) groups excluding carboxylic acids is 4. The van der Waals surface area contributed by atoms with Gasteiger partial charge in [-0.15, -0.1) is 0 Å². The van der Waals surface area contributed by atoms with Crippen molar-refractivity contribution in [2.24, 2.45) is 23.7 Å². The van der Waals surface area contributed by atoms with Crippen LogP contribution in [0.3, 0.4) is 0 Å². The third kappa shape index (κ3) is 18.5. The molecule has 8 aromatic heterocycles. The number of hydrogen-bond donors (Lipinski definition) is 3. The van der Waals surface area contributed by atoms with E-state index in [1.165, 1.54) is 24.5 Å². The molecule has 4 aromatic carbocycles.